The lowest BCUT2D eigenvalue weighted by Crippen LogP contribution is -2.41. The van der Waals surface area contributed by atoms with Gasteiger partial charge in [0.15, 0.2) is 0 Å². The maximum absolute atomic E-state index is 3.75. The van der Waals surface area contributed by atoms with Crippen molar-refractivity contribution in [1.29, 1.82) is 0 Å². The van der Waals surface area contributed by atoms with Crippen LogP contribution in [-0.2, 0) is 0 Å². The summed E-state index contributed by atoms with van der Waals surface area (Å²) in [6.45, 7) is 5.79. The van der Waals surface area contributed by atoms with E-state index in [0.29, 0.717) is 11.5 Å². The molecule has 2 bridgehead atoms. The van der Waals surface area contributed by atoms with E-state index in [0.717, 1.165) is 11.8 Å². The first-order chi connectivity index (χ1) is 10.2. The van der Waals surface area contributed by atoms with Crippen LogP contribution in [0.4, 0.5) is 0 Å². The minimum Gasteiger partial charge on any atom is -0.314 e. The standard InChI is InChI=1S/C19H29NS/c1-15(2)20-14-19(13-16-8-9-17(19)12-16)10-11-21-18-6-4-3-5-7-18/h3-7,15-17,20H,8-14H2,1-2H3. The number of hydrogen-bond donors (Lipinski definition) is 1. The number of hydrogen-bond acceptors (Lipinski definition) is 2. The molecule has 3 rings (SSSR count). The Morgan fingerprint density at radius 2 is 2.05 bits per heavy atom. The highest BCUT2D eigenvalue weighted by molar-refractivity contribution is 7.99. The summed E-state index contributed by atoms with van der Waals surface area (Å²) < 4.78 is 0. The van der Waals surface area contributed by atoms with Gasteiger partial charge in [0.25, 0.3) is 0 Å². The zero-order valence-corrected chi connectivity index (χ0v) is 14.3. The molecule has 2 aliphatic rings. The minimum atomic E-state index is 0.592. The summed E-state index contributed by atoms with van der Waals surface area (Å²) in [5.41, 5.74) is 0.592. The molecule has 116 valence electrons. The third kappa shape index (κ3) is 3.65. The number of rotatable bonds is 7. The van der Waals surface area contributed by atoms with Gasteiger partial charge < -0.3 is 5.32 Å². The van der Waals surface area contributed by atoms with E-state index in [9.17, 15) is 0 Å². The van der Waals surface area contributed by atoms with Crippen LogP contribution in [0.5, 0.6) is 0 Å². The van der Waals surface area contributed by atoms with E-state index in [1.54, 1.807) is 0 Å². The third-order valence-corrected chi connectivity index (χ3v) is 6.59. The second-order valence-corrected chi connectivity index (χ2v) is 8.56. The average Bonchev–Trinajstić information content (AvgIpc) is 3.07. The van der Waals surface area contributed by atoms with Gasteiger partial charge in [0, 0.05) is 17.5 Å². The van der Waals surface area contributed by atoms with Crippen molar-refractivity contribution in [3.8, 4) is 0 Å². The fourth-order valence-corrected chi connectivity index (χ4v) is 5.56. The van der Waals surface area contributed by atoms with Gasteiger partial charge in [-0.1, -0.05) is 38.5 Å². The van der Waals surface area contributed by atoms with Crippen LogP contribution in [0.3, 0.4) is 0 Å². The van der Waals surface area contributed by atoms with Gasteiger partial charge >= 0.3 is 0 Å². The van der Waals surface area contributed by atoms with Gasteiger partial charge in [0.1, 0.15) is 0 Å². The quantitative estimate of drug-likeness (QED) is 0.713. The first-order valence-electron chi connectivity index (χ1n) is 8.59. The van der Waals surface area contributed by atoms with Crippen molar-refractivity contribution in [2.45, 2.75) is 56.9 Å². The van der Waals surface area contributed by atoms with Crippen molar-refractivity contribution in [3.05, 3.63) is 30.3 Å². The van der Waals surface area contributed by atoms with Crippen molar-refractivity contribution in [3.63, 3.8) is 0 Å². The summed E-state index contributed by atoms with van der Waals surface area (Å²) in [5, 5.41) is 3.75. The van der Waals surface area contributed by atoms with E-state index in [1.807, 2.05) is 11.8 Å². The number of benzene rings is 1. The normalized spacial score (nSPS) is 31.2. The Labute approximate surface area is 134 Å². The molecule has 3 unspecified atom stereocenters. The summed E-state index contributed by atoms with van der Waals surface area (Å²) in [7, 11) is 0. The third-order valence-electron chi connectivity index (χ3n) is 5.58. The predicted molar refractivity (Wildman–Crippen MR) is 92.8 cm³/mol. The molecule has 0 radical (unpaired) electrons. The highest BCUT2D eigenvalue weighted by Gasteiger charge is 2.49. The molecule has 2 saturated carbocycles. The second kappa shape index (κ2) is 6.75. The molecule has 1 aromatic rings. The Morgan fingerprint density at radius 3 is 2.67 bits per heavy atom. The van der Waals surface area contributed by atoms with Crippen molar-refractivity contribution >= 4 is 11.8 Å². The van der Waals surface area contributed by atoms with Crippen LogP contribution in [0.2, 0.25) is 0 Å². The van der Waals surface area contributed by atoms with Crippen LogP contribution in [0, 0.1) is 17.3 Å². The zero-order chi connectivity index (χ0) is 14.7. The molecule has 0 saturated heterocycles. The molecule has 0 spiro atoms. The Balaban J connectivity index is 1.58. The van der Waals surface area contributed by atoms with Crippen molar-refractivity contribution < 1.29 is 0 Å². The summed E-state index contributed by atoms with van der Waals surface area (Å²) in [6.07, 6.45) is 7.36. The first-order valence-corrected chi connectivity index (χ1v) is 9.58. The molecule has 0 aliphatic heterocycles. The SMILES string of the molecule is CC(C)NCC1(CCSc2ccccc2)CC2CCC1C2. The molecule has 2 aliphatic carbocycles. The lowest BCUT2D eigenvalue weighted by atomic mass is 9.71. The summed E-state index contributed by atoms with van der Waals surface area (Å²) >= 11 is 2.04. The lowest BCUT2D eigenvalue weighted by molar-refractivity contribution is 0.148. The van der Waals surface area contributed by atoms with Crippen LogP contribution in [0.15, 0.2) is 35.2 Å². The Hall–Kier alpha value is -0.470. The molecule has 0 aromatic heterocycles. The minimum absolute atomic E-state index is 0.592. The number of fused-ring (bicyclic) bond motifs is 2. The molecule has 0 amide bonds. The molecule has 2 fully saturated rings. The fraction of sp³-hybridized carbons (Fsp3) is 0.684. The van der Waals surface area contributed by atoms with Crippen LogP contribution >= 0.6 is 11.8 Å². The summed E-state index contributed by atoms with van der Waals surface area (Å²) in [5.74, 6) is 3.29. The molecule has 21 heavy (non-hydrogen) atoms. The Morgan fingerprint density at radius 1 is 1.24 bits per heavy atom. The van der Waals surface area contributed by atoms with E-state index >= 15 is 0 Å². The topological polar surface area (TPSA) is 12.0 Å². The number of nitrogens with one attached hydrogen (secondary N) is 1. The van der Waals surface area contributed by atoms with Gasteiger partial charge in [-0.25, -0.2) is 0 Å². The average molecular weight is 304 g/mol. The van der Waals surface area contributed by atoms with E-state index in [4.69, 9.17) is 0 Å². The first kappa shape index (κ1) is 15.4. The van der Waals surface area contributed by atoms with E-state index in [1.165, 1.54) is 49.3 Å². The van der Waals surface area contributed by atoms with Crippen LogP contribution in [-0.4, -0.2) is 18.3 Å². The van der Waals surface area contributed by atoms with Gasteiger partial charge in [0.2, 0.25) is 0 Å². The highest BCUT2D eigenvalue weighted by Crippen LogP contribution is 2.57. The van der Waals surface area contributed by atoms with E-state index in [2.05, 4.69) is 49.5 Å². The maximum atomic E-state index is 3.75. The summed E-state index contributed by atoms with van der Waals surface area (Å²) in [4.78, 5) is 1.42. The Bertz CT molecular complexity index is 444. The molecule has 0 heterocycles. The van der Waals surface area contributed by atoms with Crippen molar-refractivity contribution in [2.75, 3.05) is 12.3 Å². The molecule has 2 heteroatoms. The smallest absolute Gasteiger partial charge is 0.00719 e. The van der Waals surface area contributed by atoms with Crippen LogP contribution in [0.1, 0.15) is 46.0 Å². The van der Waals surface area contributed by atoms with E-state index < -0.39 is 0 Å². The fourth-order valence-electron chi connectivity index (χ4n) is 4.47. The van der Waals surface area contributed by atoms with Crippen LogP contribution in [0.25, 0.3) is 0 Å². The Kier molecular flexibility index (Phi) is 4.96. The number of thioether (sulfide) groups is 1. The molecular weight excluding hydrogens is 274 g/mol. The van der Waals surface area contributed by atoms with Crippen molar-refractivity contribution in [1.82, 2.24) is 5.32 Å². The van der Waals surface area contributed by atoms with Gasteiger partial charge in [0.05, 0.1) is 0 Å². The molecule has 1 N–H and O–H groups in total. The van der Waals surface area contributed by atoms with Crippen molar-refractivity contribution in [2.24, 2.45) is 17.3 Å². The molecule has 1 nitrogen and oxygen atoms in total. The largest absolute Gasteiger partial charge is 0.314 e. The summed E-state index contributed by atoms with van der Waals surface area (Å²) in [6, 6.07) is 11.5. The monoisotopic (exact) mass is 303 g/mol. The van der Waals surface area contributed by atoms with Gasteiger partial charge in [-0.2, -0.15) is 0 Å². The lowest BCUT2D eigenvalue weighted by Gasteiger charge is -2.39. The van der Waals surface area contributed by atoms with Crippen LogP contribution < -0.4 is 5.32 Å². The van der Waals surface area contributed by atoms with Gasteiger partial charge in [-0.15, -0.1) is 11.8 Å². The highest BCUT2D eigenvalue weighted by atomic mass is 32.2. The van der Waals surface area contributed by atoms with Gasteiger partial charge in [-0.05, 0) is 60.8 Å². The van der Waals surface area contributed by atoms with Gasteiger partial charge in [-0.3, -0.25) is 0 Å². The predicted octanol–water partition coefficient (Wildman–Crippen LogP) is 4.97. The molecule has 1 aromatic carbocycles. The molecular formula is C19H29NS. The zero-order valence-electron chi connectivity index (χ0n) is 13.5. The molecule has 3 atom stereocenters. The second-order valence-electron chi connectivity index (χ2n) is 7.39. The van der Waals surface area contributed by atoms with E-state index in [-0.39, 0.29) is 0 Å². The maximum Gasteiger partial charge on any atom is 0.00719 e.